The van der Waals surface area contributed by atoms with Gasteiger partial charge in [0.05, 0.1) is 0 Å². The van der Waals surface area contributed by atoms with E-state index in [0.717, 1.165) is 6.08 Å². The van der Waals surface area contributed by atoms with Gasteiger partial charge in [0.2, 0.25) is 0 Å². The van der Waals surface area contributed by atoms with Gasteiger partial charge in [0.15, 0.2) is 5.54 Å². The summed E-state index contributed by atoms with van der Waals surface area (Å²) < 4.78 is 40.0. The van der Waals surface area contributed by atoms with Gasteiger partial charge >= 0.3 is 5.97 Å². The molecule has 0 bridgehead atoms. The molecule has 0 aromatic carbocycles. The van der Waals surface area contributed by atoms with E-state index in [1.165, 1.54) is 26.0 Å². The van der Waals surface area contributed by atoms with Crippen molar-refractivity contribution in [3.63, 3.8) is 0 Å². The van der Waals surface area contributed by atoms with Crippen LogP contribution in [-0.4, -0.2) is 34.2 Å². The fraction of sp³-hybridized carbons (Fsp3) is 0.583. The molecule has 1 aliphatic carbocycles. The minimum absolute atomic E-state index is 0.175. The molecule has 0 radical (unpaired) electrons. The van der Waals surface area contributed by atoms with Crippen molar-refractivity contribution in [3.8, 4) is 0 Å². The van der Waals surface area contributed by atoms with Crippen LogP contribution < -0.4 is 0 Å². The summed E-state index contributed by atoms with van der Waals surface area (Å²) >= 11 is 0. The summed E-state index contributed by atoms with van der Waals surface area (Å²) in [4.78, 5) is 11.3. The molecule has 18 heavy (non-hydrogen) atoms. The number of rotatable bonds is 5. The van der Waals surface area contributed by atoms with Crippen LogP contribution in [-0.2, 0) is 4.79 Å². The number of halogens is 3. The van der Waals surface area contributed by atoms with E-state index in [4.69, 9.17) is 5.11 Å². The second-order valence-corrected chi connectivity index (χ2v) is 4.60. The van der Waals surface area contributed by atoms with Crippen molar-refractivity contribution < 1.29 is 23.2 Å². The fourth-order valence-corrected chi connectivity index (χ4v) is 1.94. The molecule has 1 N–H and O–H groups in total. The molecule has 6 heteroatoms. The quantitative estimate of drug-likeness (QED) is 0.775. The predicted molar refractivity (Wildman–Crippen MR) is 60.8 cm³/mol. The van der Waals surface area contributed by atoms with Gasteiger partial charge < -0.3 is 5.11 Å². The molecule has 0 aromatic rings. The van der Waals surface area contributed by atoms with Gasteiger partial charge in [0.1, 0.15) is 6.04 Å². The van der Waals surface area contributed by atoms with Crippen LogP contribution in [0.25, 0.3) is 0 Å². The van der Waals surface area contributed by atoms with E-state index in [-0.39, 0.29) is 11.5 Å². The first-order valence-electron chi connectivity index (χ1n) is 5.64. The minimum atomic E-state index is -2.95. The van der Waals surface area contributed by atoms with Crippen LogP contribution >= 0.6 is 0 Å². The monoisotopic (exact) mass is 263 g/mol. The normalized spacial score (nSPS) is 25.1. The molecule has 1 aliphatic rings. The molecule has 102 valence electrons. The van der Waals surface area contributed by atoms with Crippen LogP contribution in [0, 0.1) is 5.92 Å². The number of carboxylic acids is 1. The highest BCUT2D eigenvalue weighted by Crippen LogP contribution is 2.33. The second kappa shape index (κ2) is 5.56. The number of aliphatic carboxylic acids is 1. The van der Waals surface area contributed by atoms with Gasteiger partial charge in [-0.2, -0.15) is 0 Å². The van der Waals surface area contributed by atoms with Crippen LogP contribution in [0.15, 0.2) is 24.3 Å². The molecule has 2 unspecified atom stereocenters. The molecule has 0 saturated heterocycles. The lowest BCUT2D eigenvalue weighted by molar-refractivity contribution is -0.184. The topological polar surface area (TPSA) is 40.5 Å². The van der Waals surface area contributed by atoms with E-state index in [0.29, 0.717) is 0 Å². The molecular weight excluding hydrogens is 247 g/mol. The Morgan fingerprint density at radius 2 is 2.00 bits per heavy atom. The van der Waals surface area contributed by atoms with Gasteiger partial charge in [0, 0.05) is 6.42 Å². The average molecular weight is 263 g/mol. The van der Waals surface area contributed by atoms with Crippen molar-refractivity contribution in [2.45, 2.75) is 38.3 Å². The Balaban J connectivity index is 3.10. The fourth-order valence-electron chi connectivity index (χ4n) is 1.94. The van der Waals surface area contributed by atoms with Gasteiger partial charge in [-0.1, -0.05) is 38.2 Å². The van der Waals surface area contributed by atoms with E-state index in [1.54, 1.807) is 6.08 Å². The lowest BCUT2D eigenvalue weighted by atomic mass is 9.88. The van der Waals surface area contributed by atoms with Crippen molar-refractivity contribution in [2.75, 3.05) is 0 Å². The van der Waals surface area contributed by atoms with Crippen LogP contribution in [0.3, 0.4) is 0 Å². The number of hydrogen-bond donors (Lipinski definition) is 1. The molecule has 0 aromatic heterocycles. The predicted octanol–water partition coefficient (Wildman–Crippen LogP) is 2.80. The third-order valence-electron chi connectivity index (χ3n) is 3.00. The summed E-state index contributed by atoms with van der Waals surface area (Å²) in [6.45, 7) is 2.86. The van der Waals surface area contributed by atoms with E-state index in [1.807, 2.05) is 0 Å². The summed E-state index contributed by atoms with van der Waals surface area (Å²) in [5.41, 5.74) is -2.04. The molecule has 0 saturated carbocycles. The number of allylic oxidation sites excluding steroid dienone is 2. The number of carboxylic acid groups (broad SMARTS) is 1. The van der Waals surface area contributed by atoms with Crippen molar-refractivity contribution >= 4 is 5.97 Å². The number of nitrogens with zero attached hydrogens (tertiary/aromatic N) is 1. The first kappa shape index (κ1) is 14.8. The van der Waals surface area contributed by atoms with E-state index in [9.17, 15) is 18.1 Å². The van der Waals surface area contributed by atoms with Gasteiger partial charge in [-0.15, -0.1) is 9.60 Å². The Morgan fingerprint density at radius 1 is 1.39 bits per heavy atom. The standard InChI is InChI=1S/C12H16F3NO2/c1-8(2)9(10(13)14)16(15)12(11(17)18)6-4-3-5-7-12/h3-6,8-10H,7H2,1-2H3,(H,17,18). The van der Waals surface area contributed by atoms with Crippen LogP contribution in [0.4, 0.5) is 13.3 Å². The highest BCUT2D eigenvalue weighted by atomic mass is 19.3. The number of hydrogen-bond acceptors (Lipinski definition) is 2. The summed E-state index contributed by atoms with van der Waals surface area (Å²) in [6.07, 6.45) is 2.34. The van der Waals surface area contributed by atoms with Crippen molar-refractivity contribution in [2.24, 2.45) is 5.92 Å². The lowest BCUT2D eigenvalue weighted by Gasteiger charge is -2.38. The maximum absolute atomic E-state index is 14.2. The zero-order chi connectivity index (χ0) is 13.9. The van der Waals surface area contributed by atoms with Gasteiger partial charge in [-0.25, -0.2) is 13.6 Å². The van der Waals surface area contributed by atoms with E-state index in [2.05, 4.69) is 0 Å². The molecule has 0 heterocycles. The molecule has 1 rings (SSSR count). The zero-order valence-electron chi connectivity index (χ0n) is 10.2. The summed E-state index contributed by atoms with van der Waals surface area (Å²) in [5.74, 6) is -2.18. The first-order valence-corrected chi connectivity index (χ1v) is 5.64. The Labute approximate surface area is 104 Å². The van der Waals surface area contributed by atoms with Crippen LogP contribution in [0.1, 0.15) is 20.3 Å². The lowest BCUT2D eigenvalue weighted by Crippen LogP contribution is -2.57. The summed E-state index contributed by atoms with van der Waals surface area (Å²) in [6, 6.07) is -1.75. The summed E-state index contributed by atoms with van der Waals surface area (Å²) in [5, 5.41) is 8.94. The van der Waals surface area contributed by atoms with Crippen molar-refractivity contribution in [3.05, 3.63) is 24.3 Å². The van der Waals surface area contributed by atoms with E-state index < -0.39 is 29.9 Å². The molecule has 3 nitrogen and oxygen atoms in total. The minimum Gasteiger partial charge on any atom is -0.480 e. The third kappa shape index (κ3) is 2.58. The van der Waals surface area contributed by atoms with Gasteiger partial charge in [-0.05, 0) is 5.92 Å². The number of alkyl halides is 2. The maximum atomic E-state index is 14.2. The Bertz CT molecular complexity index is 360. The summed E-state index contributed by atoms with van der Waals surface area (Å²) in [7, 11) is 0. The first-order chi connectivity index (χ1) is 8.33. The second-order valence-electron chi connectivity index (χ2n) is 4.60. The molecule has 0 aliphatic heterocycles. The maximum Gasteiger partial charge on any atom is 0.331 e. The highest BCUT2D eigenvalue weighted by Gasteiger charge is 2.49. The zero-order valence-corrected chi connectivity index (χ0v) is 10.2. The number of carbonyl (C=O) groups is 1. The Kier molecular flexibility index (Phi) is 4.56. The Hall–Kier alpha value is -1.30. The van der Waals surface area contributed by atoms with Crippen molar-refractivity contribution in [1.82, 2.24) is 5.12 Å². The largest absolute Gasteiger partial charge is 0.480 e. The molecule has 0 amide bonds. The van der Waals surface area contributed by atoms with Gasteiger partial charge in [-0.3, -0.25) is 0 Å². The third-order valence-corrected chi connectivity index (χ3v) is 3.00. The molecule has 0 spiro atoms. The smallest absolute Gasteiger partial charge is 0.331 e. The van der Waals surface area contributed by atoms with Crippen LogP contribution in [0.5, 0.6) is 0 Å². The van der Waals surface area contributed by atoms with Crippen molar-refractivity contribution in [1.29, 1.82) is 0 Å². The SMILES string of the molecule is CC(C)C(C(F)F)N(F)C1(C(=O)O)C=CC=CC1. The van der Waals surface area contributed by atoms with Gasteiger partial charge in [0.25, 0.3) is 6.43 Å². The molecule has 0 fully saturated rings. The highest BCUT2D eigenvalue weighted by molar-refractivity contribution is 5.82. The van der Waals surface area contributed by atoms with Crippen LogP contribution in [0.2, 0.25) is 0 Å². The average Bonchev–Trinajstić information content (AvgIpc) is 2.28. The Morgan fingerprint density at radius 3 is 2.33 bits per heavy atom. The molecule has 2 atom stereocenters. The van der Waals surface area contributed by atoms with E-state index >= 15 is 0 Å². The molecular formula is C12H16F3NO2.